The number of benzene rings is 1. The molecule has 1 aromatic carbocycles. The number of likely N-dealkylation sites (tertiary alicyclic amines) is 1. The van der Waals surface area contributed by atoms with Crippen LogP contribution in [0.1, 0.15) is 30.1 Å². The molecular weight excluding hydrogens is 256 g/mol. The Morgan fingerprint density at radius 1 is 1.35 bits per heavy atom. The molecule has 2 N–H and O–H groups in total. The summed E-state index contributed by atoms with van der Waals surface area (Å²) in [6.45, 7) is 3.65. The molecule has 2 rings (SSSR count). The topological polar surface area (TPSA) is 72.6 Å². The van der Waals surface area contributed by atoms with Crippen LogP contribution in [0.3, 0.4) is 0 Å². The first-order chi connectivity index (χ1) is 9.56. The average molecular weight is 276 g/mol. The summed E-state index contributed by atoms with van der Waals surface area (Å²) in [5.41, 5.74) is 5.65. The third kappa shape index (κ3) is 3.73. The van der Waals surface area contributed by atoms with Crippen LogP contribution in [0.4, 0.5) is 0 Å². The molecule has 20 heavy (non-hydrogen) atoms. The molecule has 1 atom stereocenters. The fraction of sp³-hybridized carbons (Fsp3) is 0.467. The molecular formula is C15H20N2O3. The molecule has 1 aliphatic heterocycles. The lowest BCUT2D eigenvalue weighted by Crippen LogP contribution is -2.39. The molecule has 1 saturated heterocycles. The molecule has 0 aliphatic carbocycles. The van der Waals surface area contributed by atoms with Gasteiger partial charge < -0.3 is 15.4 Å². The molecule has 1 unspecified atom stereocenters. The highest BCUT2D eigenvalue weighted by Gasteiger charge is 2.21. The number of ether oxygens (including phenoxy) is 1. The van der Waals surface area contributed by atoms with Crippen molar-refractivity contribution in [1.29, 1.82) is 0 Å². The zero-order valence-electron chi connectivity index (χ0n) is 11.7. The van der Waals surface area contributed by atoms with E-state index in [0.717, 1.165) is 19.5 Å². The molecule has 2 amide bonds. The fourth-order valence-corrected chi connectivity index (χ4v) is 2.40. The minimum Gasteiger partial charge on any atom is -0.484 e. The van der Waals surface area contributed by atoms with Crippen molar-refractivity contribution in [2.45, 2.75) is 19.8 Å². The fourth-order valence-electron chi connectivity index (χ4n) is 2.40. The maximum Gasteiger partial charge on any atom is 0.255 e. The van der Waals surface area contributed by atoms with E-state index < -0.39 is 5.91 Å². The van der Waals surface area contributed by atoms with Crippen LogP contribution in [-0.2, 0) is 4.79 Å². The first kappa shape index (κ1) is 14.4. The molecule has 0 bridgehead atoms. The van der Waals surface area contributed by atoms with Gasteiger partial charge in [-0.2, -0.15) is 0 Å². The van der Waals surface area contributed by atoms with Crippen molar-refractivity contribution < 1.29 is 14.3 Å². The van der Waals surface area contributed by atoms with Crippen LogP contribution in [-0.4, -0.2) is 36.4 Å². The van der Waals surface area contributed by atoms with E-state index in [-0.39, 0.29) is 12.5 Å². The summed E-state index contributed by atoms with van der Waals surface area (Å²) in [4.78, 5) is 24.9. The molecule has 0 radical (unpaired) electrons. The van der Waals surface area contributed by atoms with Gasteiger partial charge in [-0.15, -0.1) is 0 Å². The number of rotatable bonds is 4. The molecule has 0 spiro atoms. The quantitative estimate of drug-likeness (QED) is 0.904. The second kappa shape index (κ2) is 6.41. The predicted octanol–water partition coefficient (Wildman–Crippen LogP) is 1.42. The molecule has 0 aromatic heterocycles. The number of amides is 2. The van der Waals surface area contributed by atoms with E-state index in [1.165, 1.54) is 6.42 Å². The van der Waals surface area contributed by atoms with Crippen LogP contribution in [0, 0.1) is 5.92 Å². The predicted molar refractivity (Wildman–Crippen MR) is 75.4 cm³/mol. The molecule has 5 nitrogen and oxygen atoms in total. The Labute approximate surface area is 118 Å². The Morgan fingerprint density at radius 2 is 2.05 bits per heavy atom. The van der Waals surface area contributed by atoms with Gasteiger partial charge in [-0.05, 0) is 43.0 Å². The van der Waals surface area contributed by atoms with Crippen molar-refractivity contribution in [3.05, 3.63) is 29.8 Å². The van der Waals surface area contributed by atoms with Crippen molar-refractivity contribution in [2.24, 2.45) is 11.7 Å². The van der Waals surface area contributed by atoms with Gasteiger partial charge in [0.15, 0.2) is 6.61 Å². The van der Waals surface area contributed by atoms with Crippen molar-refractivity contribution in [1.82, 2.24) is 4.90 Å². The molecule has 1 heterocycles. The van der Waals surface area contributed by atoms with Crippen LogP contribution in [0.25, 0.3) is 0 Å². The summed E-state index contributed by atoms with van der Waals surface area (Å²) in [6, 6.07) is 6.81. The standard InChI is InChI=1S/C15H20N2O3/c1-11-3-2-8-17(9-11)15(19)12-4-6-13(7-5-12)20-10-14(16)18/h4-7,11H,2-3,8-10H2,1H3,(H2,16,18). The van der Waals surface area contributed by atoms with Gasteiger partial charge in [0.2, 0.25) is 0 Å². The lowest BCUT2D eigenvalue weighted by atomic mass is 9.99. The Balaban J connectivity index is 1.98. The molecule has 0 saturated carbocycles. The SMILES string of the molecule is CC1CCCN(C(=O)c2ccc(OCC(N)=O)cc2)C1. The lowest BCUT2D eigenvalue weighted by molar-refractivity contribution is -0.119. The Hall–Kier alpha value is -2.04. The second-order valence-corrected chi connectivity index (χ2v) is 5.28. The molecule has 108 valence electrons. The maximum atomic E-state index is 12.3. The van der Waals surface area contributed by atoms with Crippen LogP contribution >= 0.6 is 0 Å². The summed E-state index contributed by atoms with van der Waals surface area (Å²) in [5.74, 6) is 0.628. The van der Waals surface area contributed by atoms with Gasteiger partial charge in [0.05, 0.1) is 0 Å². The number of piperidine rings is 1. The average Bonchev–Trinajstić information content (AvgIpc) is 2.45. The highest BCUT2D eigenvalue weighted by molar-refractivity contribution is 5.94. The molecule has 1 aliphatic rings. The van der Waals surface area contributed by atoms with Crippen molar-refractivity contribution in [2.75, 3.05) is 19.7 Å². The number of carbonyl (C=O) groups excluding carboxylic acids is 2. The van der Waals surface area contributed by atoms with E-state index in [9.17, 15) is 9.59 Å². The lowest BCUT2D eigenvalue weighted by Gasteiger charge is -2.31. The van der Waals surface area contributed by atoms with E-state index in [4.69, 9.17) is 10.5 Å². The van der Waals surface area contributed by atoms with Crippen LogP contribution in [0.2, 0.25) is 0 Å². The number of nitrogens with two attached hydrogens (primary N) is 1. The van der Waals surface area contributed by atoms with E-state index in [0.29, 0.717) is 17.2 Å². The van der Waals surface area contributed by atoms with Gasteiger partial charge >= 0.3 is 0 Å². The largest absolute Gasteiger partial charge is 0.484 e. The maximum absolute atomic E-state index is 12.3. The van der Waals surface area contributed by atoms with Gasteiger partial charge in [-0.25, -0.2) is 0 Å². The summed E-state index contributed by atoms with van der Waals surface area (Å²) in [5, 5.41) is 0. The van der Waals surface area contributed by atoms with Gasteiger partial charge in [0.1, 0.15) is 5.75 Å². The van der Waals surface area contributed by atoms with Crippen molar-refractivity contribution in [3.63, 3.8) is 0 Å². The van der Waals surface area contributed by atoms with Crippen LogP contribution in [0.5, 0.6) is 5.75 Å². The van der Waals surface area contributed by atoms with Crippen LogP contribution in [0.15, 0.2) is 24.3 Å². The highest BCUT2D eigenvalue weighted by atomic mass is 16.5. The van der Waals surface area contributed by atoms with Gasteiger partial charge in [-0.1, -0.05) is 6.92 Å². The van der Waals surface area contributed by atoms with E-state index in [1.54, 1.807) is 24.3 Å². The van der Waals surface area contributed by atoms with Gasteiger partial charge in [0.25, 0.3) is 11.8 Å². The van der Waals surface area contributed by atoms with E-state index >= 15 is 0 Å². The molecule has 5 heteroatoms. The highest BCUT2D eigenvalue weighted by Crippen LogP contribution is 2.19. The second-order valence-electron chi connectivity index (χ2n) is 5.28. The number of primary amides is 1. The van der Waals surface area contributed by atoms with Gasteiger partial charge in [0, 0.05) is 18.7 Å². The summed E-state index contributed by atoms with van der Waals surface area (Å²) in [7, 11) is 0. The number of carbonyl (C=O) groups is 2. The first-order valence-electron chi connectivity index (χ1n) is 6.86. The van der Waals surface area contributed by atoms with Crippen LogP contribution < -0.4 is 10.5 Å². The summed E-state index contributed by atoms with van der Waals surface area (Å²) in [6.07, 6.45) is 2.25. The smallest absolute Gasteiger partial charge is 0.255 e. The zero-order chi connectivity index (χ0) is 14.5. The van der Waals surface area contributed by atoms with Crippen molar-refractivity contribution in [3.8, 4) is 5.75 Å². The summed E-state index contributed by atoms with van der Waals surface area (Å²) < 4.78 is 5.17. The Morgan fingerprint density at radius 3 is 2.65 bits per heavy atom. The Bertz CT molecular complexity index is 484. The normalized spacial score (nSPS) is 18.6. The zero-order valence-corrected chi connectivity index (χ0v) is 11.7. The third-order valence-corrected chi connectivity index (χ3v) is 3.43. The number of hydrogen-bond acceptors (Lipinski definition) is 3. The first-order valence-corrected chi connectivity index (χ1v) is 6.86. The number of hydrogen-bond donors (Lipinski definition) is 1. The minimum absolute atomic E-state index is 0.0537. The minimum atomic E-state index is -0.521. The molecule has 1 aromatic rings. The third-order valence-electron chi connectivity index (χ3n) is 3.43. The monoisotopic (exact) mass is 276 g/mol. The van der Waals surface area contributed by atoms with E-state index in [1.807, 2.05) is 4.90 Å². The number of nitrogens with zero attached hydrogens (tertiary/aromatic N) is 1. The molecule has 1 fully saturated rings. The summed E-state index contributed by atoms with van der Waals surface area (Å²) >= 11 is 0. The Kier molecular flexibility index (Phi) is 4.61. The van der Waals surface area contributed by atoms with Crippen molar-refractivity contribution >= 4 is 11.8 Å². The van der Waals surface area contributed by atoms with E-state index in [2.05, 4.69) is 6.92 Å². The van der Waals surface area contributed by atoms with Gasteiger partial charge in [-0.3, -0.25) is 9.59 Å².